The van der Waals surface area contributed by atoms with Gasteiger partial charge in [-0.15, -0.1) is 13.2 Å². The highest BCUT2D eigenvalue weighted by Gasteiger charge is 2.31. The lowest BCUT2D eigenvalue weighted by atomic mass is 10.1. The van der Waals surface area contributed by atoms with E-state index in [2.05, 4.69) is 19.4 Å². The van der Waals surface area contributed by atoms with Crippen molar-refractivity contribution in [2.75, 3.05) is 0 Å². The molecule has 28 heavy (non-hydrogen) atoms. The predicted octanol–water partition coefficient (Wildman–Crippen LogP) is 3.52. The molecule has 0 aliphatic carbocycles. The van der Waals surface area contributed by atoms with Crippen molar-refractivity contribution < 1.29 is 26.3 Å². The summed E-state index contributed by atoms with van der Waals surface area (Å²) in [6.07, 6.45) is -3.52. The number of nitrogens with one attached hydrogen (secondary N) is 1. The van der Waals surface area contributed by atoms with Crippen LogP contribution in [0, 0.1) is 0 Å². The molecule has 0 aliphatic heterocycles. The molecule has 6 nitrogen and oxygen atoms in total. The molecule has 0 atom stereocenters. The highest BCUT2D eigenvalue weighted by atomic mass is 32.2. The van der Waals surface area contributed by atoms with Crippen LogP contribution in [0.5, 0.6) is 5.75 Å². The summed E-state index contributed by atoms with van der Waals surface area (Å²) in [7, 11) is -3.94. The van der Waals surface area contributed by atoms with Gasteiger partial charge >= 0.3 is 6.36 Å². The molecule has 1 N–H and O–H groups in total. The minimum absolute atomic E-state index is 0.106. The Morgan fingerprint density at radius 2 is 1.64 bits per heavy atom. The first-order chi connectivity index (χ1) is 13.2. The summed E-state index contributed by atoms with van der Waals surface area (Å²) in [5, 5.41) is 0. The van der Waals surface area contributed by atoms with Gasteiger partial charge < -0.3 is 4.74 Å². The molecule has 3 rings (SSSR count). The van der Waals surface area contributed by atoms with Crippen LogP contribution in [0.4, 0.5) is 13.2 Å². The monoisotopic (exact) mass is 409 g/mol. The van der Waals surface area contributed by atoms with E-state index in [0.717, 1.165) is 29.8 Å². The highest BCUT2D eigenvalue weighted by Crippen LogP contribution is 2.24. The van der Waals surface area contributed by atoms with Crippen molar-refractivity contribution in [3.05, 3.63) is 72.7 Å². The van der Waals surface area contributed by atoms with Gasteiger partial charge in [0.15, 0.2) is 0 Å². The maximum Gasteiger partial charge on any atom is 0.573 e. The molecular weight excluding hydrogens is 395 g/mol. The normalized spacial score (nSPS) is 12.0. The van der Waals surface area contributed by atoms with Crippen LogP contribution < -0.4 is 9.46 Å². The van der Waals surface area contributed by atoms with Crippen molar-refractivity contribution in [1.29, 1.82) is 0 Å². The number of sulfonamides is 1. The van der Waals surface area contributed by atoms with E-state index in [-0.39, 0.29) is 11.4 Å². The summed E-state index contributed by atoms with van der Waals surface area (Å²) in [5.41, 5.74) is 1.93. The summed E-state index contributed by atoms with van der Waals surface area (Å²) in [4.78, 5) is 7.99. The third-order valence-electron chi connectivity index (χ3n) is 3.60. The highest BCUT2D eigenvalue weighted by molar-refractivity contribution is 7.89. The van der Waals surface area contributed by atoms with Gasteiger partial charge in [0.25, 0.3) is 0 Å². The van der Waals surface area contributed by atoms with Gasteiger partial charge in [-0.3, -0.25) is 0 Å². The predicted molar refractivity (Wildman–Crippen MR) is 94.6 cm³/mol. The Labute approximate surface area is 159 Å². The van der Waals surface area contributed by atoms with Crippen LogP contribution in [0.25, 0.3) is 11.3 Å². The molecule has 0 bridgehead atoms. The summed E-state index contributed by atoms with van der Waals surface area (Å²) >= 11 is 0. The quantitative estimate of drug-likeness (QED) is 0.674. The van der Waals surface area contributed by atoms with E-state index in [9.17, 15) is 21.6 Å². The first-order valence-electron chi connectivity index (χ1n) is 7.95. The first kappa shape index (κ1) is 19.8. The number of benzene rings is 2. The lowest BCUT2D eigenvalue weighted by Gasteiger charge is -2.10. The standard InChI is InChI=1S/C18H14F3N3O3S/c19-18(20,21)27-15-6-8-16(9-7-15)28(25,26)24-11-14-10-17(23-12-22-14)13-4-2-1-3-5-13/h1-10,12,24H,11H2. The summed E-state index contributed by atoms with van der Waals surface area (Å²) in [5.74, 6) is -0.505. The molecule has 0 saturated carbocycles. The van der Waals surface area contributed by atoms with Crippen LogP contribution in [0.1, 0.15) is 5.69 Å². The van der Waals surface area contributed by atoms with Crippen molar-refractivity contribution in [2.45, 2.75) is 17.8 Å². The molecule has 0 aliphatic rings. The van der Waals surface area contributed by atoms with E-state index < -0.39 is 22.1 Å². The minimum atomic E-state index is -4.85. The average molecular weight is 409 g/mol. The largest absolute Gasteiger partial charge is 0.573 e. The second-order valence-electron chi connectivity index (χ2n) is 5.60. The Kier molecular flexibility index (Phi) is 5.61. The van der Waals surface area contributed by atoms with Gasteiger partial charge in [-0.25, -0.2) is 23.1 Å². The number of ether oxygens (including phenoxy) is 1. The van der Waals surface area contributed by atoms with E-state index in [1.807, 2.05) is 30.3 Å². The third-order valence-corrected chi connectivity index (χ3v) is 5.02. The average Bonchev–Trinajstić information content (AvgIpc) is 2.67. The molecule has 1 heterocycles. The molecule has 0 radical (unpaired) electrons. The number of halogens is 3. The Morgan fingerprint density at radius 3 is 2.29 bits per heavy atom. The first-order valence-corrected chi connectivity index (χ1v) is 9.43. The van der Waals surface area contributed by atoms with Crippen LogP contribution in [-0.4, -0.2) is 24.7 Å². The van der Waals surface area contributed by atoms with Crippen molar-refractivity contribution in [1.82, 2.24) is 14.7 Å². The van der Waals surface area contributed by atoms with Gasteiger partial charge in [0, 0.05) is 5.56 Å². The smallest absolute Gasteiger partial charge is 0.406 e. The fraction of sp³-hybridized carbons (Fsp3) is 0.111. The Balaban J connectivity index is 1.70. The van der Waals surface area contributed by atoms with Crippen molar-refractivity contribution in [3.63, 3.8) is 0 Å². The fourth-order valence-electron chi connectivity index (χ4n) is 2.33. The van der Waals surface area contributed by atoms with E-state index in [1.54, 1.807) is 6.07 Å². The number of hydrogen-bond donors (Lipinski definition) is 1. The van der Waals surface area contributed by atoms with Crippen molar-refractivity contribution in [2.24, 2.45) is 0 Å². The van der Waals surface area contributed by atoms with Crippen LogP contribution >= 0.6 is 0 Å². The molecule has 0 amide bonds. The Hall–Kier alpha value is -2.98. The molecule has 0 saturated heterocycles. The van der Waals surface area contributed by atoms with Crippen LogP contribution in [0.2, 0.25) is 0 Å². The maximum atomic E-state index is 12.3. The topological polar surface area (TPSA) is 81.2 Å². The van der Waals surface area contributed by atoms with Crippen LogP contribution in [0.15, 0.2) is 71.9 Å². The molecule has 1 aromatic heterocycles. The van der Waals surface area contributed by atoms with E-state index in [4.69, 9.17) is 0 Å². The number of alkyl halides is 3. The van der Waals surface area contributed by atoms with Crippen molar-refractivity contribution >= 4 is 10.0 Å². The lowest BCUT2D eigenvalue weighted by molar-refractivity contribution is -0.274. The fourth-order valence-corrected chi connectivity index (χ4v) is 3.33. The summed E-state index contributed by atoms with van der Waals surface area (Å²) in [6, 6.07) is 14.9. The van der Waals surface area contributed by atoms with Gasteiger partial charge in [-0.1, -0.05) is 30.3 Å². The summed E-state index contributed by atoms with van der Waals surface area (Å²) < 4.78 is 67.3. The third kappa shape index (κ3) is 5.27. The van der Waals surface area contributed by atoms with Crippen LogP contribution in [-0.2, 0) is 16.6 Å². The SMILES string of the molecule is O=S(=O)(NCc1cc(-c2ccccc2)ncn1)c1ccc(OC(F)(F)F)cc1. The van der Waals surface area contributed by atoms with E-state index in [1.165, 1.54) is 6.33 Å². The maximum absolute atomic E-state index is 12.3. The molecule has 0 unspecified atom stereocenters. The Morgan fingerprint density at radius 1 is 0.964 bits per heavy atom. The van der Waals surface area contributed by atoms with Gasteiger partial charge in [0.2, 0.25) is 10.0 Å². The summed E-state index contributed by atoms with van der Waals surface area (Å²) in [6.45, 7) is -0.106. The van der Waals surface area contributed by atoms with Gasteiger partial charge in [-0.05, 0) is 30.3 Å². The van der Waals surface area contributed by atoms with Gasteiger partial charge in [-0.2, -0.15) is 0 Å². The molecule has 10 heteroatoms. The molecule has 0 spiro atoms. The molecule has 2 aromatic carbocycles. The van der Waals surface area contributed by atoms with E-state index in [0.29, 0.717) is 11.4 Å². The zero-order valence-corrected chi connectivity index (χ0v) is 15.0. The van der Waals surface area contributed by atoms with Gasteiger partial charge in [0.1, 0.15) is 12.1 Å². The zero-order valence-electron chi connectivity index (χ0n) is 14.2. The van der Waals surface area contributed by atoms with Crippen molar-refractivity contribution in [3.8, 4) is 17.0 Å². The Bertz CT molecular complexity index is 1040. The zero-order chi connectivity index (χ0) is 20.2. The number of hydrogen-bond acceptors (Lipinski definition) is 5. The molecule has 3 aromatic rings. The molecule has 146 valence electrons. The van der Waals surface area contributed by atoms with E-state index >= 15 is 0 Å². The number of nitrogens with zero attached hydrogens (tertiary/aromatic N) is 2. The minimum Gasteiger partial charge on any atom is -0.406 e. The number of aromatic nitrogens is 2. The molecule has 0 fully saturated rings. The van der Waals surface area contributed by atoms with Crippen LogP contribution in [0.3, 0.4) is 0 Å². The second kappa shape index (κ2) is 7.95. The number of rotatable bonds is 6. The van der Waals surface area contributed by atoms with Gasteiger partial charge in [0.05, 0.1) is 22.8 Å². The lowest BCUT2D eigenvalue weighted by Crippen LogP contribution is -2.24. The second-order valence-corrected chi connectivity index (χ2v) is 7.37. The molecular formula is C18H14F3N3O3S.